The van der Waals surface area contributed by atoms with Crippen molar-refractivity contribution in [3.05, 3.63) is 35.4 Å². The molecule has 0 bridgehead atoms. The van der Waals surface area contributed by atoms with Crippen molar-refractivity contribution in [3.8, 4) is 0 Å². The Morgan fingerprint density at radius 1 is 1.44 bits per heavy atom. The Bertz CT molecular complexity index is 376. The molecule has 5 heteroatoms. The van der Waals surface area contributed by atoms with Crippen LogP contribution in [0.25, 0.3) is 0 Å². The van der Waals surface area contributed by atoms with E-state index in [1.54, 1.807) is 6.92 Å². The quantitative estimate of drug-likeness (QED) is 0.781. The van der Waals surface area contributed by atoms with Gasteiger partial charge in [-0.3, -0.25) is 0 Å². The molecule has 0 heterocycles. The zero-order valence-electron chi connectivity index (χ0n) is 9.03. The summed E-state index contributed by atoms with van der Waals surface area (Å²) in [7, 11) is 0. The number of ether oxygens (including phenoxy) is 1. The topological polar surface area (TPSA) is 64.3 Å². The van der Waals surface area contributed by atoms with Crippen molar-refractivity contribution in [2.24, 2.45) is 5.73 Å². The third-order valence-electron chi connectivity index (χ3n) is 1.95. The summed E-state index contributed by atoms with van der Waals surface area (Å²) in [5.74, 6) is 0. The highest BCUT2D eigenvalue weighted by atomic mass is 32.1. The molecule has 1 aromatic carbocycles. The minimum Gasteiger partial charge on any atom is -0.450 e. The van der Waals surface area contributed by atoms with E-state index in [-0.39, 0.29) is 0 Å². The van der Waals surface area contributed by atoms with Crippen molar-refractivity contribution in [2.45, 2.75) is 13.5 Å². The van der Waals surface area contributed by atoms with E-state index >= 15 is 0 Å². The number of nitrogens with two attached hydrogens (primary N) is 1. The molecule has 0 saturated carbocycles. The molecular formula is C11H14N2O2S. The number of amides is 1. The highest BCUT2D eigenvalue weighted by Gasteiger charge is 2.01. The first-order valence-electron chi connectivity index (χ1n) is 4.93. The van der Waals surface area contributed by atoms with E-state index < -0.39 is 6.09 Å². The standard InChI is InChI=1S/C11H14N2O2S/c1-2-15-11(14)13-7-8-3-5-9(6-4-8)10(12)16/h3-6H,2,7H2,1H3,(H2,12,16)(H,13,14). The lowest BCUT2D eigenvalue weighted by Crippen LogP contribution is -2.23. The number of hydrogen-bond donors (Lipinski definition) is 2. The van der Waals surface area contributed by atoms with E-state index in [4.69, 9.17) is 22.7 Å². The Kier molecular flexibility index (Phi) is 4.72. The molecule has 1 aromatic rings. The molecule has 1 rings (SSSR count). The molecule has 0 aromatic heterocycles. The van der Waals surface area contributed by atoms with Crippen LogP contribution in [0.15, 0.2) is 24.3 Å². The van der Waals surface area contributed by atoms with Gasteiger partial charge >= 0.3 is 6.09 Å². The third-order valence-corrected chi connectivity index (χ3v) is 2.19. The van der Waals surface area contributed by atoms with E-state index in [2.05, 4.69) is 5.32 Å². The highest BCUT2D eigenvalue weighted by molar-refractivity contribution is 7.80. The van der Waals surface area contributed by atoms with E-state index in [1.807, 2.05) is 24.3 Å². The fraction of sp³-hybridized carbons (Fsp3) is 0.273. The van der Waals surface area contributed by atoms with Crippen molar-refractivity contribution in [2.75, 3.05) is 6.61 Å². The maximum Gasteiger partial charge on any atom is 0.407 e. The van der Waals surface area contributed by atoms with Gasteiger partial charge in [-0.25, -0.2) is 4.79 Å². The first kappa shape index (κ1) is 12.4. The van der Waals surface area contributed by atoms with Crippen molar-refractivity contribution in [1.29, 1.82) is 0 Å². The second kappa shape index (κ2) is 6.07. The number of rotatable bonds is 4. The molecule has 0 aliphatic rings. The molecule has 86 valence electrons. The highest BCUT2D eigenvalue weighted by Crippen LogP contribution is 2.04. The molecule has 0 spiro atoms. The van der Waals surface area contributed by atoms with Gasteiger partial charge in [-0.05, 0) is 12.5 Å². The van der Waals surface area contributed by atoms with Crippen LogP contribution in [-0.4, -0.2) is 17.7 Å². The average Bonchev–Trinajstić information content (AvgIpc) is 2.27. The van der Waals surface area contributed by atoms with Gasteiger partial charge in [-0.15, -0.1) is 0 Å². The number of nitrogens with one attached hydrogen (secondary N) is 1. The summed E-state index contributed by atoms with van der Waals surface area (Å²) in [6, 6.07) is 7.37. The normalized spacial score (nSPS) is 9.56. The van der Waals surface area contributed by atoms with E-state index in [1.165, 1.54) is 0 Å². The number of benzene rings is 1. The first-order chi connectivity index (χ1) is 7.63. The van der Waals surface area contributed by atoms with Gasteiger partial charge in [0.05, 0.1) is 6.61 Å². The fourth-order valence-corrected chi connectivity index (χ4v) is 1.28. The molecule has 16 heavy (non-hydrogen) atoms. The second-order valence-corrected chi connectivity index (χ2v) is 3.58. The maximum absolute atomic E-state index is 11.0. The van der Waals surface area contributed by atoms with Crippen LogP contribution < -0.4 is 11.1 Å². The van der Waals surface area contributed by atoms with Crippen LogP contribution in [0.1, 0.15) is 18.1 Å². The van der Waals surface area contributed by atoms with Gasteiger partial charge in [0.1, 0.15) is 4.99 Å². The number of carbonyl (C=O) groups is 1. The van der Waals surface area contributed by atoms with Crippen LogP contribution in [0.2, 0.25) is 0 Å². The summed E-state index contributed by atoms with van der Waals surface area (Å²) in [6.45, 7) is 2.55. The number of thiocarbonyl (C=S) groups is 1. The maximum atomic E-state index is 11.0. The van der Waals surface area contributed by atoms with Crippen LogP contribution >= 0.6 is 12.2 Å². The Morgan fingerprint density at radius 3 is 2.56 bits per heavy atom. The predicted molar refractivity (Wildman–Crippen MR) is 66.2 cm³/mol. The Morgan fingerprint density at radius 2 is 2.06 bits per heavy atom. The SMILES string of the molecule is CCOC(=O)NCc1ccc(C(N)=S)cc1. The summed E-state index contributed by atoms with van der Waals surface area (Å²) >= 11 is 4.83. The molecule has 0 saturated heterocycles. The summed E-state index contributed by atoms with van der Waals surface area (Å²) in [5.41, 5.74) is 7.25. The van der Waals surface area contributed by atoms with Gasteiger partial charge in [0.2, 0.25) is 0 Å². The van der Waals surface area contributed by atoms with Crippen LogP contribution in [0.4, 0.5) is 4.79 Å². The average molecular weight is 238 g/mol. The Hall–Kier alpha value is -1.62. The molecule has 4 nitrogen and oxygen atoms in total. The minimum absolute atomic E-state index is 0.366. The molecule has 0 radical (unpaired) electrons. The summed E-state index contributed by atoms with van der Waals surface area (Å²) in [6.07, 6.45) is -0.416. The summed E-state index contributed by atoms with van der Waals surface area (Å²) in [4.78, 5) is 11.4. The van der Waals surface area contributed by atoms with E-state index in [0.29, 0.717) is 18.1 Å². The number of hydrogen-bond acceptors (Lipinski definition) is 3. The second-order valence-electron chi connectivity index (χ2n) is 3.14. The molecular weight excluding hydrogens is 224 g/mol. The summed E-state index contributed by atoms with van der Waals surface area (Å²) < 4.78 is 4.73. The summed E-state index contributed by atoms with van der Waals surface area (Å²) in [5, 5.41) is 2.62. The molecule has 0 aliphatic carbocycles. The third kappa shape index (κ3) is 3.86. The lowest BCUT2D eigenvalue weighted by Gasteiger charge is -2.05. The van der Waals surface area contributed by atoms with Crippen molar-refractivity contribution in [1.82, 2.24) is 5.32 Å². The predicted octanol–water partition coefficient (Wildman–Crippen LogP) is 1.57. The van der Waals surface area contributed by atoms with Crippen molar-refractivity contribution < 1.29 is 9.53 Å². The molecule has 0 aliphatic heterocycles. The Balaban J connectivity index is 2.49. The molecule has 0 fully saturated rings. The van der Waals surface area contributed by atoms with Gasteiger partial charge in [0.15, 0.2) is 0 Å². The van der Waals surface area contributed by atoms with Gasteiger partial charge < -0.3 is 15.8 Å². The lowest BCUT2D eigenvalue weighted by molar-refractivity contribution is 0.151. The van der Waals surface area contributed by atoms with Gasteiger partial charge in [-0.2, -0.15) is 0 Å². The van der Waals surface area contributed by atoms with Crippen LogP contribution in [0.5, 0.6) is 0 Å². The molecule has 1 amide bonds. The van der Waals surface area contributed by atoms with Crippen LogP contribution in [0.3, 0.4) is 0 Å². The smallest absolute Gasteiger partial charge is 0.407 e. The largest absolute Gasteiger partial charge is 0.450 e. The fourth-order valence-electron chi connectivity index (χ4n) is 1.14. The molecule has 3 N–H and O–H groups in total. The molecule has 0 atom stereocenters. The van der Waals surface area contributed by atoms with Crippen LogP contribution in [-0.2, 0) is 11.3 Å². The van der Waals surface area contributed by atoms with Crippen LogP contribution in [0, 0.1) is 0 Å². The molecule has 0 unspecified atom stereocenters. The first-order valence-corrected chi connectivity index (χ1v) is 5.33. The van der Waals surface area contributed by atoms with Gasteiger partial charge in [-0.1, -0.05) is 36.5 Å². The van der Waals surface area contributed by atoms with E-state index in [9.17, 15) is 4.79 Å². The van der Waals surface area contributed by atoms with Gasteiger partial charge in [0.25, 0.3) is 0 Å². The lowest BCUT2D eigenvalue weighted by atomic mass is 10.1. The van der Waals surface area contributed by atoms with Crippen molar-refractivity contribution >= 4 is 23.3 Å². The monoisotopic (exact) mass is 238 g/mol. The number of alkyl carbamates (subject to hydrolysis) is 1. The van der Waals surface area contributed by atoms with Gasteiger partial charge in [0, 0.05) is 12.1 Å². The zero-order chi connectivity index (χ0) is 12.0. The zero-order valence-corrected chi connectivity index (χ0v) is 9.84. The Labute approximate surface area is 99.8 Å². The minimum atomic E-state index is -0.416. The van der Waals surface area contributed by atoms with E-state index in [0.717, 1.165) is 11.1 Å². The number of carbonyl (C=O) groups excluding carboxylic acids is 1. The van der Waals surface area contributed by atoms with Crippen molar-refractivity contribution in [3.63, 3.8) is 0 Å².